The zero-order chi connectivity index (χ0) is 27.6. The van der Waals surface area contributed by atoms with E-state index >= 15 is 0 Å². The van der Waals surface area contributed by atoms with Crippen LogP contribution in [0.2, 0.25) is 5.02 Å². The van der Waals surface area contributed by atoms with E-state index in [0.717, 1.165) is 16.7 Å². The average molecular weight is 543 g/mol. The minimum atomic E-state index is -0.859. The van der Waals surface area contributed by atoms with Crippen molar-refractivity contribution in [1.82, 2.24) is 10.2 Å². The Morgan fingerprint density at radius 1 is 0.795 bits per heavy atom. The lowest BCUT2D eigenvalue weighted by Crippen LogP contribution is -2.43. The number of methoxy groups -OCH3 is 2. The van der Waals surface area contributed by atoms with Crippen molar-refractivity contribution in [3.05, 3.63) is 130 Å². The van der Waals surface area contributed by atoms with Gasteiger partial charge < -0.3 is 19.7 Å². The molecule has 0 fully saturated rings. The van der Waals surface area contributed by atoms with Crippen LogP contribution in [0, 0.1) is 0 Å². The third-order valence-electron chi connectivity index (χ3n) is 6.42. The third-order valence-corrected chi connectivity index (χ3v) is 6.67. The Hall–Kier alpha value is -4.29. The summed E-state index contributed by atoms with van der Waals surface area (Å²) in [6, 6.07) is 30.7. The number of carbonyl (C=O) groups is 2. The standard InChI is InChI=1S/C32H31ClN2O4/c1-38-28-18-14-24(15-19-28)22-35(30(36)20-23-12-16-27(33)17-13-23)31(25-8-4-3-5-9-25)32(37)34-21-26-10-6-7-11-29(26)39-2/h3-19,31H,20-22H2,1-2H3,(H,34,37)/t31-/m1/s1. The molecule has 0 saturated heterocycles. The van der Waals surface area contributed by atoms with Crippen LogP contribution >= 0.6 is 11.6 Å². The number of nitrogens with zero attached hydrogens (tertiary/aromatic N) is 1. The summed E-state index contributed by atoms with van der Waals surface area (Å²) < 4.78 is 10.7. The monoisotopic (exact) mass is 542 g/mol. The fraction of sp³-hybridized carbons (Fsp3) is 0.188. The van der Waals surface area contributed by atoms with E-state index < -0.39 is 6.04 Å². The molecule has 0 aliphatic carbocycles. The summed E-state index contributed by atoms with van der Waals surface area (Å²) in [5.74, 6) is 0.925. The molecule has 0 spiro atoms. The minimum Gasteiger partial charge on any atom is -0.497 e. The van der Waals surface area contributed by atoms with Gasteiger partial charge in [-0.1, -0.05) is 84.4 Å². The molecule has 0 saturated carbocycles. The first-order valence-corrected chi connectivity index (χ1v) is 13.0. The largest absolute Gasteiger partial charge is 0.497 e. The van der Waals surface area contributed by atoms with Crippen LogP contribution in [0.4, 0.5) is 0 Å². The highest BCUT2D eigenvalue weighted by Crippen LogP contribution is 2.26. The first-order chi connectivity index (χ1) is 19.0. The van der Waals surface area contributed by atoms with E-state index in [2.05, 4.69) is 5.32 Å². The van der Waals surface area contributed by atoms with Gasteiger partial charge in [0, 0.05) is 23.7 Å². The first kappa shape index (κ1) is 27.7. The summed E-state index contributed by atoms with van der Waals surface area (Å²) in [7, 11) is 3.20. The Morgan fingerprint density at radius 3 is 2.10 bits per heavy atom. The molecule has 200 valence electrons. The highest BCUT2D eigenvalue weighted by Gasteiger charge is 2.31. The maximum absolute atomic E-state index is 13.9. The Kier molecular flexibility index (Phi) is 9.59. The van der Waals surface area contributed by atoms with Crippen molar-refractivity contribution < 1.29 is 19.1 Å². The van der Waals surface area contributed by atoms with Gasteiger partial charge in [-0.3, -0.25) is 9.59 Å². The summed E-state index contributed by atoms with van der Waals surface area (Å²) in [5.41, 5.74) is 3.24. The molecule has 1 atom stereocenters. The lowest BCUT2D eigenvalue weighted by molar-refractivity contribution is -0.141. The molecular weight excluding hydrogens is 512 g/mol. The molecule has 7 heteroatoms. The Bertz CT molecular complexity index is 1380. The molecule has 0 aliphatic rings. The summed E-state index contributed by atoms with van der Waals surface area (Å²) in [5, 5.41) is 3.63. The van der Waals surface area contributed by atoms with Gasteiger partial charge in [0.05, 0.1) is 20.6 Å². The molecule has 0 bridgehead atoms. The van der Waals surface area contributed by atoms with Gasteiger partial charge in [-0.25, -0.2) is 0 Å². The van der Waals surface area contributed by atoms with Crippen LogP contribution in [0.25, 0.3) is 0 Å². The SMILES string of the molecule is COc1ccc(CN(C(=O)Cc2ccc(Cl)cc2)[C@@H](C(=O)NCc2ccccc2OC)c2ccccc2)cc1. The molecule has 0 aliphatic heterocycles. The van der Waals surface area contributed by atoms with E-state index in [9.17, 15) is 9.59 Å². The van der Waals surface area contributed by atoms with Crippen LogP contribution in [0.1, 0.15) is 28.3 Å². The van der Waals surface area contributed by atoms with Gasteiger partial charge in [0.15, 0.2) is 0 Å². The number of carbonyl (C=O) groups excluding carboxylic acids is 2. The fourth-order valence-corrected chi connectivity index (χ4v) is 4.49. The zero-order valence-electron chi connectivity index (χ0n) is 22.0. The molecule has 4 aromatic carbocycles. The summed E-state index contributed by atoms with van der Waals surface area (Å²) in [6.45, 7) is 0.492. The van der Waals surface area contributed by atoms with E-state index in [4.69, 9.17) is 21.1 Å². The number of halogens is 1. The van der Waals surface area contributed by atoms with Crippen LogP contribution in [-0.4, -0.2) is 30.9 Å². The molecule has 6 nitrogen and oxygen atoms in total. The van der Waals surface area contributed by atoms with Gasteiger partial charge in [-0.15, -0.1) is 0 Å². The second-order valence-electron chi connectivity index (χ2n) is 9.02. The van der Waals surface area contributed by atoms with E-state index in [1.165, 1.54) is 0 Å². The smallest absolute Gasteiger partial charge is 0.247 e. The van der Waals surface area contributed by atoms with Gasteiger partial charge >= 0.3 is 0 Å². The molecule has 0 heterocycles. The van der Waals surface area contributed by atoms with Gasteiger partial charge in [0.25, 0.3) is 0 Å². The molecule has 0 aromatic heterocycles. The van der Waals surface area contributed by atoms with Gasteiger partial charge in [-0.05, 0) is 47.0 Å². The lowest BCUT2D eigenvalue weighted by atomic mass is 10.0. The Balaban J connectivity index is 1.68. The van der Waals surface area contributed by atoms with Crippen molar-refractivity contribution in [3.63, 3.8) is 0 Å². The number of hydrogen-bond acceptors (Lipinski definition) is 4. The quantitative estimate of drug-likeness (QED) is 0.253. The lowest BCUT2D eigenvalue weighted by Gasteiger charge is -2.32. The fourth-order valence-electron chi connectivity index (χ4n) is 4.37. The average Bonchev–Trinajstić information content (AvgIpc) is 2.98. The predicted octanol–water partition coefficient (Wildman–Crippen LogP) is 5.99. The molecular formula is C32H31ClN2O4. The number of amides is 2. The topological polar surface area (TPSA) is 67.9 Å². The van der Waals surface area contributed by atoms with Gasteiger partial charge in [0.2, 0.25) is 11.8 Å². The van der Waals surface area contributed by atoms with Crippen molar-refractivity contribution in [2.24, 2.45) is 0 Å². The second-order valence-corrected chi connectivity index (χ2v) is 9.45. The number of ether oxygens (including phenoxy) is 2. The predicted molar refractivity (Wildman–Crippen MR) is 153 cm³/mol. The van der Waals surface area contributed by atoms with Crippen LogP contribution in [0.3, 0.4) is 0 Å². The molecule has 39 heavy (non-hydrogen) atoms. The maximum atomic E-state index is 13.9. The van der Waals surface area contributed by atoms with Crippen molar-refractivity contribution >= 4 is 23.4 Å². The minimum absolute atomic E-state index is 0.121. The van der Waals surface area contributed by atoms with Crippen molar-refractivity contribution in [2.75, 3.05) is 14.2 Å². The number of nitrogens with one attached hydrogen (secondary N) is 1. The zero-order valence-corrected chi connectivity index (χ0v) is 22.7. The second kappa shape index (κ2) is 13.5. The highest BCUT2D eigenvalue weighted by molar-refractivity contribution is 6.30. The number of rotatable bonds is 11. The van der Waals surface area contributed by atoms with E-state index in [0.29, 0.717) is 22.1 Å². The molecule has 4 rings (SSSR count). The first-order valence-electron chi connectivity index (χ1n) is 12.6. The number of para-hydroxylation sites is 1. The molecule has 4 aromatic rings. The summed E-state index contributed by atoms with van der Waals surface area (Å²) >= 11 is 6.05. The summed E-state index contributed by atoms with van der Waals surface area (Å²) in [6.07, 6.45) is 0.121. The molecule has 2 amide bonds. The normalized spacial score (nSPS) is 11.4. The van der Waals surface area contributed by atoms with Crippen molar-refractivity contribution in [3.8, 4) is 11.5 Å². The van der Waals surface area contributed by atoms with Crippen LogP contribution in [0.5, 0.6) is 11.5 Å². The van der Waals surface area contributed by atoms with Crippen molar-refractivity contribution in [2.45, 2.75) is 25.6 Å². The third kappa shape index (κ3) is 7.39. The van der Waals surface area contributed by atoms with Gasteiger partial charge in [0.1, 0.15) is 17.5 Å². The van der Waals surface area contributed by atoms with Crippen LogP contribution in [-0.2, 0) is 29.1 Å². The van der Waals surface area contributed by atoms with E-state index in [-0.39, 0.29) is 31.3 Å². The number of hydrogen-bond donors (Lipinski definition) is 1. The maximum Gasteiger partial charge on any atom is 0.247 e. The number of benzene rings is 4. The Morgan fingerprint density at radius 2 is 1.44 bits per heavy atom. The molecule has 0 radical (unpaired) electrons. The van der Waals surface area contributed by atoms with Crippen molar-refractivity contribution in [1.29, 1.82) is 0 Å². The highest BCUT2D eigenvalue weighted by atomic mass is 35.5. The van der Waals surface area contributed by atoms with E-state index in [1.807, 2.05) is 91.0 Å². The Labute approximate surface area is 234 Å². The van der Waals surface area contributed by atoms with Crippen LogP contribution < -0.4 is 14.8 Å². The van der Waals surface area contributed by atoms with Gasteiger partial charge in [-0.2, -0.15) is 0 Å². The molecule has 1 N–H and O–H groups in total. The summed E-state index contributed by atoms with van der Waals surface area (Å²) in [4.78, 5) is 29.4. The molecule has 0 unspecified atom stereocenters. The van der Waals surface area contributed by atoms with Crippen LogP contribution in [0.15, 0.2) is 103 Å². The van der Waals surface area contributed by atoms with E-state index in [1.54, 1.807) is 31.3 Å².